The van der Waals surface area contributed by atoms with Gasteiger partial charge in [-0.05, 0) is 88.7 Å². The summed E-state index contributed by atoms with van der Waals surface area (Å²) in [4.78, 5) is 14.6. The van der Waals surface area contributed by atoms with Gasteiger partial charge in [-0.1, -0.05) is 6.92 Å². The maximum atomic E-state index is 6.08. The maximum Gasteiger partial charge on any atom is 0.159 e. The highest BCUT2D eigenvalue weighted by Gasteiger charge is 2.29. The Labute approximate surface area is 220 Å². The molecule has 3 aromatic rings. The Balaban J connectivity index is 1.29. The van der Waals surface area contributed by atoms with Crippen molar-refractivity contribution in [2.45, 2.75) is 77.5 Å². The van der Waals surface area contributed by atoms with Crippen LogP contribution < -0.4 is 4.90 Å². The molecule has 3 aliphatic rings. The summed E-state index contributed by atoms with van der Waals surface area (Å²) in [5.74, 6) is 3.12. The molecule has 0 bridgehead atoms. The summed E-state index contributed by atoms with van der Waals surface area (Å²) in [6.07, 6.45) is 6.94. The average molecular weight is 505 g/mol. The number of fused-ring (bicyclic) bond motifs is 1. The van der Waals surface area contributed by atoms with E-state index in [4.69, 9.17) is 24.5 Å². The number of morpholine rings is 1. The molecular weight excluding hydrogens is 464 g/mol. The smallest absolute Gasteiger partial charge is 0.159 e. The number of hydrogen-bond donors (Lipinski definition) is 0. The van der Waals surface area contributed by atoms with Crippen molar-refractivity contribution in [2.75, 3.05) is 44.3 Å². The minimum atomic E-state index is 0.182. The standard InChI is InChI=1S/C29H40N6O2/c1-5-25-17-34(16-20(3)37-25)28-14-29(32-21(4)31-28)35-27-13-26(19(2)12-23(27)15-30-35)22-6-9-33(10-7-22)24-8-11-36-18-24/h12-15,20,22,24-25H,5-11,16-18H2,1-4H3. The van der Waals surface area contributed by atoms with E-state index in [1.807, 2.05) is 17.8 Å². The summed E-state index contributed by atoms with van der Waals surface area (Å²) in [6, 6.07) is 7.38. The Morgan fingerprint density at radius 1 is 1.00 bits per heavy atom. The van der Waals surface area contributed by atoms with Gasteiger partial charge in [0.15, 0.2) is 5.82 Å². The number of nitrogens with zero attached hydrogens (tertiary/aromatic N) is 6. The molecule has 0 radical (unpaired) electrons. The van der Waals surface area contributed by atoms with E-state index in [2.05, 4.69) is 48.8 Å². The second-order valence-electron chi connectivity index (χ2n) is 11.2. The molecule has 0 N–H and O–H groups in total. The van der Waals surface area contributed by atoms with Crippen LogP contribution in [0.3, 0.4) is 0 Å². The number of aryl methyl sites for hydroxylation is 2. The van der Waals surface area contributed by atoms with Crippen molar-refractivity contribution in [3.8, 4) is 5.82 Å². The first kappa shape index (κ1) is 24.8. The third-order valence-corrected chi connectivity index (χ3v) is 8.48. The monoisotopic (exact) mass is 504 g/mol. The Bertz CT molecular complexity index is 1240. The summed E-state index contributed by atoms with van der Waals surface area (Å²) in [6.45, 7) is 14.4. The maximum absolute atomic E-state index is 6.08. The van der Waals surface area contributed by atoms with Crippen LogP contribution in [0, 0.1) is 13.8 Å². The van der Waals surface area contributed by atoms with Gasteiger partial charge >= 0.3 is 0 Å². The molecule has 0 saturated carbocycles. The van der Waals surface area contributed by atoms with Crippen LogP contribution in [-0.4, -0.2) is 82.3 Å². The first-order valence-electron chi connectivity index (χ1n) is 14.0. The van der Waals surface area contributed by atoms with Crippen LogP contribution >= 0.6 is 0 Å². The number of benzene rings is 1. The van der Waals surface area contributed by atoms with Gasteiger partial charge in [0.25, 0.3) is 0 Å². The Morgan fingerprint density at radius 3 is 2.57 bits per heavy atom. The molecule has 3 fully saturated rings. The van der Waals surface area contributed by atoms with E-state index in [0.29, 0.717) is 12.0 Å². The highest BCUT2D eigenvalue weighted by Crippen LogP contribution is 2.35. The number of likely N-dealkylation sites (tertiary alicyclic amines) is 1. The van der Waals surface area contributed by atoms with Gasteiger partial charge in [-0.2, -0.15) is 5.10 Å². The average Bonchev–Trinajstić information content (AvgIpc) is 3.58. The van der Waals surface area contributed by atoms with Gasteiger partial charge in [-0.15, -0.1) is 0 Å². The number of hydrogen-bond acceptors (Lipinski definition) is 7. The molecule has 0 spiro atoms. The molecule has 8 heteroatoms. The molecule has 0 aliphatic carbocycles. The largest absolute Gasteiger partial charge is 0.380 e. The van der Waals surface area contributed by atoms with E-state index >= 15 is 0 Å². The summed E-state index contributed by atoms with van der Waals surface area (Å²) in [7, 11) is 0. The Hall–Kier alpha value is -2.55. The molecule has 5 heterocycles. The van der Waals surface area contributed by atoms with E-state index in [9.17, 15) is 0 Å². The van der Waals surface area contributed by atoms with Gasteiger partial charge in [0, 0.05) is 37.2 Å². The SMILES string of the molecule is CCC1CN(c2cc(-n3ncc4cc(C)c(C5CCN(C6CCOC6)CC5)cc43)nc(C)n2)CC(C)O1. The topological polar surface area (TPSA) is 68.5 Å². The summed E-state index contributed by atoms with van der Waals surface area (Å²) in [5, 5.41) is 5.95. The minimum Gasteiger partial charge on any atom is -0.380 e. The van der Waals surface area contributed by atoms with Gasteiger partial charge < -0.3 is 14.4 Å². The van der Waals surface area contributed by atoms with Crippen molar-refractivity contribution in [2.24, 2.45) is 0 Å². The van der Waals surface area contributed by atoms with Crippen molar-refractivity contribution in [3.63, 3.8) is 0 Å². The number of ether oxygens (including phenoxy) is 2. The second-order valence-corrected chi connectivity index (χ2v) is 11.2. The molecule has 6 rings (SSSR count). The first-order valence-corrected chi connectivity index (χ1v) is 14.0. The molecule has 3 unspecified atom stereocenters. The van der Waals surface area contributed by atoms with Gasteiger partial charge in [-0.3, -0.25) is 4.90 Å². The number of aromatic nitrogens is 4. The highest BCUT2D eigenvalue weighted by atomic mass is 16.5. The predicted octanol–water partition coefficient (Wildman–Crippen LogP) is 4.40. The fraction of sp³-hybridized carbons (Fsp3) is 0.621. The van der Waals surface area contributed by atoms with Crippen molar-refractivity contribution in [1.29, 1.82) is 0 Å². The van der Waals surface area contributed by atoms with Gasteiger partial charge in [0.1, 0.15) is 11.6 Å². The summed E-state index contributed by atoms with van der Waals surface area (Å²) < 4.78 is 13.7. The zero-order chi connectivity index (χ0) is 25.5. The van der Waals surface area contributed by atoms with Gasteiger partial charge in [0.05, 0.1) is 30.5 Å². The fourth-order valence-electron chi connectivity index (χ4n) is 6.48. The molecule has 3 saturated heterocycles. The lowest BCUT2D eigenvalue weighted by molar-refractivity contribution is -0.0174. The molecule has 0 amide bonds. The zero-order valence-corrected chi connectivity index (χ0v) is 22.7. The van der Waals surface area contributed by atoms with E-state index in [1.54, 1.807) is 0 Å². The molecule has 198 valence electrons. The predicted molar refractivity (Wildman–Crippen MR) is 146 cm³/mol. The third kappa shape index (κ3) is 4.99. The molecule has 2 aromatic heterocycles. The Morgan fingerprint density at radius 2 is 1.81 bits per heavy atom. The lowest BCUT2D eigenvalue weighted by Gasteiger charge is -2.37. The van der Waals surface area contributed by atoms with Crippen molar-refractivity contribution in [1.82, 2.24) is 24.6 Å². The van der Waals surface area contributed by atoms with Crippen LogP contribution in [0.1, 0.15) is 62.4 Å². The van der Waals surface area contributed by atoms with Crippen molar-refractivity contribution in [3.05, 3.63) is 41.3 Å². The molecule has 37 heavy (non-hydrogen) atoms. The van der Waals surface area contributed by atoms with Gasteiger partial charge in [-0.25, -0.2) is 14.6 Å². The van der Waals surface area contributed by atoms with E-state index in [1.165, 1.54) is 30.4 Å². The number of anilines is 1. The second kappa shape index (κ2) is 10.3. The van der Waals surface area contributed by atoms with Crippen LogP contribution in [0.2, 0.25) is 0 Å². The van der Waals surface area contributed by atoms with Gasteiger partial charge in [0.2, 0.25) is 0 Å². The molecule has 1 aromatic carbocycles. The van der Waals surface area contributed by atoms with Crippen molar-refractivity contribution >= 4 is 16.7 Å². The van der Waals surface area contributed by atoms with Crippen molar-refractivity contribution < 1.29 is 9.47 Å². The molecule has 8 nitrogen and oxygen atoms in total. The quantitative estimate of drug-likeness (QED) is 0.510. The molecular formula is C29H40N6O2. The third-order valence-electron chi connectivity index (χ3n) is 8.48. The summed E-state index contributed by atoms with van der Waals surface area (Å²) in [5.41, 5.74) is 3.94. The van der Waals surface area contributed by atoms with Crippen LogP contribution in [0.15, 0.2) is 24.4 Å². The van der Waals surface area contributed by atoms with Crippen LogP contribution in [-0.2, 0) is 9.47 Å². The molecule has 3 aliphatic heterocycles. The van der Waals surface area contributed by atoms with E-state index < -0.39 is 0 Å². The lowest BCUT2D eigenvalue weighted by Crippen LogP contribution is -2.46. The first-order chi connectivity index (χ1) is 18.0. The fourth-order valence-corrected chi connectivity index (χ4v) is 6.48. The lowest BCUT2D eigenvalue weighted by atomic mass is 9.86. The van der Waals surface area contributed by atoms with Crippen LogP contribution in [0.5, 0.6) is 0 Å². The zero-order valence-electron chi connectivity index (χ0n) is 22.7. The minimum absolute atomic E-state index is 0.182. The number of rotatable bonds is 5. The normalized spacial score (nSPS) is 25.8. The van der Waals surface area contributed by atoms with Crippen LogP contribution in [0.25, 0.3) is 16.7 Å². The molecule has 3 atom stereocenters. The number of piperidine rings is 1. The van der Waals surface area contributed by atoms with E-state index in [0.717, 1.165) is 74.2 Å². The Kier molecular flexibility index (Phi) is 6.90. The van der Waals surface area contributed by atoms with E-state index in [-0.39, 0.29) is 12.2 Å². The highest BCUT2D eigenvalue weighted by molar-refractivity contribution is 5.82. The summed E-state index contributed by atoms with van der Waals surface area (Å²) >= 11 is 0. The van der Waals surface area contributed by atoms with Crippen LogP contribution in [0.4, 0.5) is 5.82 Å².